The number of fused-ring (bicyclic) bond motifs is 1. The Bertz CT molecular complexity index is 936. The Morgan fingerprint density at radius 2 is 1.84 bits per heavy atom. The van der Waals surface area contributed by atoms with Crippen molar-refractivity contribution in [3.8, 4) is 0 Å². The van der Waals surface area contributed by atoms with Gasteiger partial charge < -0.3 is 4.90 Å². The first-order valence-electron chi connectivity index (χ1n) is 8.40. The van der Waals surface area contributed by atoms with Crippen LogP contribution in [-0.4, -0.2) is 42.6 Å². The summed E-state index contributed by atoms with van der Waals surface area (Å²) < 4.78 is 3.64. The van der Waals surface area contributed by atoms with E-state index in [4.69, 9.17) is 11.6 Å². The molecule has 1 aliphatic carbocycles. The van der Waals surface area contributed by atoms with Gasteiger partial charge in [-0.3, -0.25) is 23.3 Å². The quantitative estimate of drug-likeness (QED) is 0.754. The molecule has 0 saturated heterocycles. The average molecular weight is 368 g/mol. The van der Waals surface area contributed by atoms with Crippen molar-refractivity contribution in [3.63, 3.8) is 0 Å². The van der Waals surface area contributed by atoms with Crippen LogP contribution in [0.15, 0.2) is 9.59 Å². The standard InChI is InChI=1S/C16H22ClN5O3/c1-19(10-7-5-4-6-8-10)11(23)9-22-12-13(18-15(22)17)20(2)16(25)21(3)14(12)24/h10H,4-9H2,1-3H3. The van der Waals surface area contributed by atoms with E-state index in [-0.39, 0.29) is 34.9 Å². The monoisotopic (exact) mass is 367 g/mol. The van der Waals surface area contributed by atoms with E-state index in [1.807, 2.05) is 0 Å². The number of nitrogens with zero attached hydrogens (tertiary/aromatic N) is 5. The second-order valence-electron chi connectivity index (χ2n) is 6.64. The molecule has 0 bridgehead atoms. The Hall–Kier alpha value is -2.09. The molecular formula is C16H22ClN5O3. The van der Waals surface area contributed by atoms with Gasteiger partial charge in [-0.05, 0) is 24.4 Å². The molecule has 2 aromatic rings. The average Bonchev–Trinajstić information content (AvgIpc) is 2.94. The molecule has 0 spiro atoms. The minimum atomic E-state index is -0.509. The van der Waals surface area contributed by atoms with E-state index in [2.05, 4.69) is 4.98 Å². The van der Waals surface area contributed by atoms with Crippen molar-refractivity contribution in [1.29, 1.82) is 0 Å². The first kappa shape index (κ1) is 17.7. The summed E-state index contributed by atoms with van der Waals surface area (Å²) >= 11 is 6.17. The number of hydrogen-bond donors (Lipinski definition) is 0. The first-order valence-corrected chi connectivity index (χ1v) is 8.78. The highest BCUT2D eigenvalue weighted by molar-refractivity contribution is 6.29. The Morgan fingerprint density at radius 3 is 2.48 bits per heavy atom. The van der Waals surface area contributed by atoms with Gasteiger partial charge in [-0.1, -0.05) is 19.3 Å². The maximum Gasteiger partial charge on any atom is 0.332 e. The molecule has 1 aliphatic rings. The summed E-state index contributed by atoms with van der Waals surface area (Å²) in [7, 11) is 4.71. The summed E-state index contributed by atoms with van der Waals surface area (Å²) in [5.41, 5.74) is -0.638. The van der Waals surface area contributed by atoms with Gasteiger partial charge in [-0.25, -0.2) is 4.79 Å². The van der Waals surface area contributed by atoms with Crippen molar-refractivity contribution in [1.82, 2.24) is 23.6 Å². The number of carbonyl (C=O) groups is 1. The summed E-state index contributed by atoms with van der Waals surface area (Å²) in [5, 5.41) is 0.0266. The lowest BCUT2D eigenvalue weighted by Crippen LogP contribution is -2.41. The molecule has 0 radical (unpaired) electrons. The highest BCUT2D eigenvalue weighted by Gasteiger charge is 2.25. The molecular weight excluding hydrogens is 346 g/mol. The minimum absolute atomic E-state index is 0.0266. The Kier molecular flexibility index (Phi) is 4.73. The zero-order valence-corrected chi connectivity index (χ0v) is 15.4. The summed E-state index contributed by atoms with van der Waals surface area (Å²) in [5.74, 6) is -0.121. The molecule has 136 valence electrons. The number of amides is 1. The molecule has 2 heterocycles. The zero-order chi connectivity index (χ0) is 18.3. The fourth-order valence-corrected chi connectivity index (χ4v) is 3.71. The van der Waals surface area contributed by atoms with Crippen LogP contribution in [0.4, 0.5) is 0 Å². The van der Waals surface area contributed by atoms with E-state index in [9.17, 15) is 14.4 Å². The van der Waals surface area contributed by atoms with E-state index in [1.54, 1.807) is 11.9 Å². The molecule has 0 N–H and O–H groups in total. The molecule has 2 aromatic heterocycles. The second kappa shape index (κ2) is 6.67. The number of imidazole rings is 1. The third-order valence-electron chi connectivity index (χ3n) is 5.11. The lowest BCUT2D eigenvalue weighted by molar-refractivity contribution is -0.133. The van der Waals surface area contributed by atoms with Crippen molar-refractivity contribution >= 4 is 28.7 Å². The fraction of sp³-hybridized carbons (Fsp3) is 0.625. The van der Waals surface area contributed by atoms with E-state index >= 15 is 0 Å². The SMILES string of the molecule is CN(C(=O)Cn1c(Cl)nc2c1c(=O)n(C)c(=O)n2C)C1CCCCC1. The van der Waals surface area contributed by atoms with Crippen molar-refractivity contribution in [2.24, 2.45) is 14.1 Å². The van der Waals surface area contributed by atoms with Crippen LogP contribution in [-0.2, 0) is 25.4 Å². The summed E-state index contributed by atoms with van der Waals surface area (Å²) in [4.78, 5) is 43.1. The lowest BCUT2D eigenvalue weighted by Gasteiger charge is -2.31. The smallest absolute Gasteiger partial charge is 0.332 e. The van der Waals surface area contributed by atoms with Crippen LogP contribution in [0.3, 0.4) is 0 Å². The normalized spacial score (nSPS) is 15.7. The number of rotatable bonds is 3. The van der Waals surface area contributed by atoms with Gasteiger partial charge in [0.2, 0.25) is 11.2 Å². The van der Waals surface area contributed by atoms with E-state index in [1.165, 1.54) is 29.7 Å². The molecule has 3 rings (SSSR count). The predicted octanol–water partition coefficient (Wildman–Crippen LogP) is 0.878. The van der Waals surface area contributed by atoms with Gasteiger partial charge in [0.1, 0.15) is 6.54 Å². The number of halogens is 1. The highest BCUT2D eigenvalue weighted by Crippen LogP contribution is 2.22. The van der Waals surface area contributed by atoms with Crippen molar-refractivity contribution in [2.45, 2.75) is 44.7 Å². The van der Waals surface area contributed by atoms with Crippen LogP contribution in [0.5, 0.6) is 0 Å². The minimum Gasteiger partial charge on any atom is -0.341 e. The number of likely N-dealkylation sites (N-methyl/N-ethyl adjacent to an activating group) is 1. The number of aromatic nitrogens is 4. The number of hydrogen-bond acceptors (Lipinski definition) is 4. The van der Waals surface area contributed by atoms with Crippen LogP contribution in [0.25, 0.3) is 11.2 Å². The van der Waals surface area contributed by atoms with Gasteiger partial charge in [0, 0.05) is 27.2 Å². The third-order valence-corrected chi connectivity index (χ3v) is 5.40. The zero-order valence-electron chi connectivity index (χ0n) is 14.7. The molecule has 25 heavy (non-hydrogen) atoms. The maximum atomic E-state index is 12.7. The molecule has 0 aliphatic heterocycles. The van der Waals surface area contributed by atoms with E-state index in [0.717, 1.165) is 30.3 Å². The van der Waals surface area contributed by atoms with Crippen LogP contribution < -0.4 is 11.2 Å². The van der Waals surface area contributed by atoms with E-state index in [0.29, 0.717) is 0 Å². The second-order valence-corrected chi connectivity index (χ2v) is 6.98. The third kappa shape index (κ3) is 2.99. The van der Waals surface area contributed by atoms with E-state index < -0.39 is 11.2 Å². The van der Waals surface area contributed by atoms with Gasteiger partial charge in [0.05, 0.1) is 0 Å². The molecule has 9 heteroatoms. The Morgan fingerprint density at radius 1 is 1.20 bits per heavy atom. The lowest BCUT2D eigenvalue weighted by atomic mass is 9.94. The summed E-state index contributed by atoms with van der Waals surface area (Å²) in [6.45, 7) is -0.0736. The van der Waals surface area contributed by atoms with Crippen LogP contribution in [0, 0.1) is 0 Å². The molecule has 8 nitrogen and oxygen atoms in total. The topological polar surface area (TPSA) is 82.1 Å². The van der Waals surface area contributed by atoms with Crippen molar-refractivity contribution in [2.75, 3.05) is 7.05 Å². The Labute approximate surface area is 149 Å². The molecule has 1 amide bonds. The predicted molar refractivity (Wildman–Crippen MR) is 94.9 cm³/mol. The molecule has 1 fully saturated rings. The molecule has 0 aromatic carbocycles. The van der Waals surface area contributed by atoms with Gasteiger partial charge >= 0.3 is 5.69 Å². The summed E-state index contributed by atoms with van der Waals surface area (Å²) in [6, 6.07) is 0.224. The van der Waals surface area contributed by atoms with Crippen molar-refractivity contribution < 1.29 is 4.79 Å². The van der Waals surface area contributed by atoms with Gasteiger partial charge in [-0.2, -0.15) is 4.98 Å². The van der Waals surface area contributed by atoms with Crippen LogP contribution >= 0.6 is 11.6 Å². The van der Waals surface area contributed by atoms with Crippen LogP contribution in [0.1, 0.15) is 32.1 Å². The summed E-state index contributed by atoms with van der Waals surface area (Å²) in [6.07, 6.45) is 5.45. The van der Waals surface area contributed by atoms with Gasteiger partial charge in [-0.15, -0.1) is 0 Å². The fourth-order valence-electron chi connectivity index (χ4n) is 3.48. The van der Waals surface area contributed by atoms with Crippen molar-refractivity contribution in [3.05, 3.63) is 26.1 Å². The number of carbonyl (C=O) groups excluding carboxylic acids is 1. The highest BCUT2D eigenvalue weighted by atomic mass is 35.5. The largest absolute Gasteiger partial charge is 0.341 e. The molecule has 0 atom stereocenters. The molecule has 1 saturated carbocycles. The Balaban J connectivity index is 1.99. The first-order chi connectivity index (χ1) is 11.8. The number of aryl methyl sites for hydroxylation is 1. The molecule has 0 unspecified atom stereocenters. The van der Waals surface area contributed by atoms with Gasteiger partial charge in [0.25, 0.3) is 5.56 Å². The van der Waals surface area contributed by atoms with Gasteiger partial charge in [0.15, 0.2) is 11.2 Å². The maximum absolute atomic E-state index is 12.7. The van der Waals surface area contributed by atoms with Crippen LogP contribution in [0.2, 0.25) is 5.28 Å².